The number of likely N-dealkylation sites (N-methyl/N-ethyl adjacent to an activating group) is 1. The van der Waals surface area contributed by atoms with Crippen LogP contribution in [-0.4, -0.2) is 39.3 Å². The second-order valence-corrected chi connectivity index (χ2v) is 5.74. The van der Waals surface area contributed by atoms with Gasteiger partial charge in [-0.1, -0.05) is 0 Å². The van der Waals surface area contributed by atoms with E-state index in [4.69, 9.17) is 9.47 Å². The second kappa shape index (κ2) is 7.49. The summed E-state index contributed by atoms with van der Waals surface area (Å²) in [5, 5.41) is 2.93. The van der Waals surface area contributed by atoms with Crippen LogP contribution in [0.15, 0.2) is 18.2 Å². The Morgan fingerprint density at radius 3 is 2.82 bits per heavy atom. The van der Waals surface area contributed by atoms with Gasteiger partial charge in [-0.15, -0.1) is 0 Å². The number of benzene rings is 1. The lowest BCUT2D eigenvalue weighted by molar-refractivity contribution is -0.932. The summed E-state index contributed by atoms with van der Waals surface area (Å²) >= 11 is 0. The van der Waals surface area contributed by atoms with E-state index < -0.39 is 0 Å². The average molecular weight is 307 g/mol. The highest BCUT2D eigenvalue weighted by atomic mass is 16.5. The van der Waals surface area contributed by atoms with Crippen LogP contribution in [0, 0.1) is 0 Å². The highest BCUT2D eigenvalue weighted by Gasteiger charge is 2.38. The highest BCUT2D eigenvalue weighted by molar-refractivity contribution is 5.79. The number of amides is 1. The molecular weight excluding hydrogens is 280 g/mol. The molecule has 1 aliphatic rings. The third-order valence-electron chi connectivity index (χ3n) is 4.52. The van der Waals surface area contributed by atoms with Gasteiger partial charge in [0.2, 0.25) is 0 Å². The Morgan fingerprint density at radius 2 is 2.18 bits per heavy atom. The molecule has 1 fully saturated rings. The number of quaternary nitrogens is 1. The molecule has 0 bridgehead atoms. The van der Waals surface area contributed by atoms with Gasteiger partial charge in [0.05, 0.1) is 26.3 Å². The lowest BCUT2D eigenvalue weighted by atomic mass is 10.0. The number of ether oxygens (including phenoxy) is 2. The lowest BCUT2D eigenvalue weighted by Gasteiger charge is -2.28. The van der Waals surface area contributed by atoms with Crippen molar-refractivity contribution in [3.8, 4) is 11.5 Å². The van der Waals surface area contributed by atoms with Gasteiger partial charge in [0.15, 0.2) is 6.04 Å². The fourth-order valence-electron chi connectivity index (χ4n) is 3.35. The van der Waals surface area contributed by atoms with Crippen molar-refractivity contribution in [1.82, 2.24) is 5.32 Å². The fourth-order valence-corrected chi connectivity index (χ4v) is 3.35. The summed E-state index contributed by atoms with van der Waals surface area (Å²) < 4.78 is 10.9. The maximum absolute atomic E-state index is 12.2. The molecule has 2 rings (SSSR count). The van der Waals surface area contributed by atoms with Gasteiger partial charge in [0.1, 0.15) is 17.5 Å². The van der Waals surface area contributed by atoms with Crippen molar-refractivity contribution in [3.63, 3.8) is 0 Å². The fraction of sp³-hybridized carbons (Fsp3) is 0.588. The lowest BCUT2D eigenvalue weighted by Crippen LogP contribution is -3.15. The Labute approximate surface area is 132 Å². The molecule has 0 aliphatic carbocycles. The van der Waals surface area contributed by atoms with E-state index >= 15 is 0 Å². The minimum absolute atomic E-state index is 0.0663. The van der Waals surface area contributed by atoms with Crippen LogP contribution >= 0.6 is 0 Å². The van der Waals surface area contributed by atoms with E-state index in [-0.39, 0.29) is 18.0 Å². The number of rotatable bonds is 6. The average Bonchev–Trinajstić information content (AvgIpc) is 3.03. The molecule has 1 heterocycles. The monoisotopic (exact) mass is 307 g/mol. The first-order chi connectivity index (χ1) is 10.6. The summed E-state index contributed by atoms with van der Waals surface area (Å²) in [5.74, 6) is 1.81. The molecule has 1 amide bonds. The zero-order valence-corrected chi connectivity index (χ0v) is 13.9. The number of likely N-dealkylation sites (tertiary alicyclic amines) is 1. The van der Waals surface area contributed by atoms with E-state index in [0.29, 0.717) is 6.54 Å². The zero-order chi connectivity index (χ0) is 16.1. The molecule has 122 valence electrons. The van der Waals surface area contributed by atoms with Crippen LogP contribution in [0.5, 0.6) is 11.5 Å². The number of carbonyl (C=O) groups is 1. The van der Waals surface area contributed by atoms with Gasteiger partial charge in [-0.25, -0.2) is 0 Å². The van der Waals surface area contributed by atoms with Crippen molar-refractivity contribution in [2.75, 3.05) is 27.3 Å². The molecule has 1 unspecified atom stereocenters. The number of carbonyl (C=O) groups excluding carboxylic acids is 1. The van der Waals surface area contributed by atoms with E-state index in [1.807, 2.05) is 32.0 Å². The van der Waals surface area contributed by atoms with Gasteiger partial charge in [-0.3, -0.25) is 4.79 Å². The van der Waals surface area contributed by atoms with Crippen molar-refractivity contribution in [3.05, 3.63) is 23.8 Å². The second-order valence-electron chi connectivity index (χ2n) is 5.74. The summed E-state index contributed by atoms with van der Waals surface area (Å²) in [5.41, 5.74) is 1.13. The number of nitrogens with one attached hydrogen (secondary N) is 2. The maximum atomic E-state index is 12.2. The molecule has 1 aromatic carbocycles. The topological polar surface area (TPSA) is 52.0 Å². The summed E-state index contributed by atoms with van der Waals surface area (Å²) in [6.45, 7) is 5.63. The molecule has 1 aliphatic heterocycles. The largest absolute Gasteiger partial charge is 0.497 e. The maximum Gasteiger partial charge on any atom is 0.278 e. The molecule has 5 heteroatoms. The van der Waals surface area contributed by atoms with Crippen LogP contribution in [0.1, 0.15) is 38.3 Å². The van der Waals surface area contributed by atoms with E-state index in [1.165, 1.54) is 4.90 Å². The number of hydrogen-bond acceptors (Lipinski definition) is 3. The smallest absolute Gasteiger partial charge is 0.278 e. The minimum atomic E-state index is -0.0663. The first-order valence-corrected chi connectivity index (χ1v) is 7.97. The van der Waals surface area contributed by atoms with Crippen molar-refractivity contribution in [1.29, 1.82) is 0 Å². The van der Waals surface area contributed by atoms with Crippen LogP contribution in [0.25, 0.3) is 0 Å². The minimum Gasteiger partial charge on any atom is -0.497 e. The number of methoxy groups -OCH3 is 2. The van der Waals surface area contributed by atoms with Gasteiger partial charge in [-0.05, 0) is 32.0 Å². The standard InChI is InChI=1S/C17H26N2O3/c1-5-18-17(20)12(2)19-10-6-7-15(19)14-11-13(21-3)8-9-16(14)22-4/h8-9,11-12,15H,5-7,10H2,1-4H3,(H,18,20)/p+1/t12-,15-/m1/s1. The first kappa shape index (κ1) is 16.6. The normalized spacial score (nSPS) is 22.2. The molecule has 0 radical (unpaired) electrons. The Hall–Kier alpha value is -1.75. The van der Waals surface area contributed by atoms with Gasteiger partial charge in [0, 0.05) is 19.4 Å². The zero-order valence-electron chi connectivity index (χ0n) is 13.9. The van der Waals surface area contributed by atoms with Crippen LogP contribution in [0.2, 0.25) is 0 Å². The van der Waals surface area contributed by atoms with E-state index in [2.05, 4.69) is 5.32 Å². The third kappa shape index (κ3) is 3.35. The molecule has 3 atom stereocenters. The predicted octanol–water partition coefficient (Wildman–Crippen LogP) is 0.948. The molecule has 0 saturated carbocycles. The van der Waals surface area contributed by atoms with E-state index in [1.54, 1.807) is 14.2 Å². The number of hydrogen-bond donors (Lipinski definition) is 2. The van der Waals surface area contributed by atoms with Crippen LogP contribution in [-0.2, 0) is 4.79 Å². The molecular formula is C17H27N2O3+. The van der Waals surface area contributed by atoms with Crippen LogP contribution < -0.4 is 19.7 Å². The Bertz CT molecular complexity index is 519. The quantitative estimate of drug-likeness (QED) is 0.823. The van der Waals surface area contributed by atoms with Crippen molar-refractivity contribution < 1.29 is 19.2 Å². The molecule has 22 heavy (non-hydrogen) atoms. The Morgan fingerprint density at radius 1 is 1.41 bits per heavy atom. The van der Waals surface area contributed by atoms with Crippen molar-refractivity contribution >= 4 is 5.91 Å². The summed E-state index contributed by atoms with van der Waals surface area (Å²) in [6, 6.07) is 6.09. The molecule has 5 nitrogen and oxygen atoms in total. The van der Waals surface area contributed by atoms with Gasteiger partial charge in [0.25, 0.3) is 5.91 Å². The summed E-state index contributed by atoms with van der Waals surface area (Å²) in [4.78, 5) is 13.5. The van der Waals surface area contributed by atoms with Crippen molar-refractivity contribution in [2.45, 2.75) is 38.8 Å². The van der Waals surface area contributed by atoms with E-state index in [9.17, 15) is 4.79 Å². The van der Waals surface area contributed by atoms with Crippen LogP contribution in [0.3, 0.4) is 0 Å². The van der Waals surface area contributed by atoms with Gasteiger partial charge in [-0.2, -0.15) is 0 Å². The van der Waals surface area contributed by atoms with Gasteiger partial charge >= 0.3 is 0 Å². The van der Waals surface area contributed by atoms with E-state index in [0.717, 1.165) is 36.4 Å². The van der Waals surface area contributed by atoms with Crippen molar-refractivity contribution in [2.24, 2.45) is 0 Å². The molecule has 1 aromatic rings. The molecule has 2 N–H and O–H groups in total. The molecule has 0 aromatic heterocycles. The third-order valence-corrected chi connectivity index (χ3v) is 4.52. The summed E-state index contributed by atoms with van der Waals surface area (Å²) in [6.07, 6.45) is 2.17. The summed E-state index contributed by atoms with van der Waals surface area (Å²) in [7, 11) is 3.36. The Kier molecular flexibility index (Phi) is 5.66. The molecule has 0 spiro atoms. The van der Waals surface area contributed by atoms with Gasteiger partial charge < -0.3 is 19.7 Å². The SMILES string of the molecule is CCNC(=O)[C@@H](C)[NH+]1CCC[C@@H]1c1cc(OC)ccc1OC. The van der Waals surface area contributed by atoms with Crippen LogP contribution in [0.4, 0.5) is 0 Å². The predicted molar refractivity (Wildman–Crippen MR) is 85.5 cm³/mol. The first-order valence-electron chi connectivity index (χ1n) is 7.97. The molecule has 1 saturated heterocycles. The highest BCUT2D eigenvalue weighted by Crippen LogP contribution is 2.31. The Balaban J connectivity index is 2.28.